The largest absolute Gasteiger partial charge is 0.280 e. The topological polar surface area (TPSA) is 22.0 Å². The van der Waals surface area contributed by atoms with Crippen LogP contribution in [0.2, 0.25) is 0 Å². The molecule has 0 aliphatic heterocycles. The Morgan fingerprint density at radius 2 is 1.42 bits per heavy atom. The Morgan fingerprint density at radius 1 is 0.750 bits per heavy atom. The number of aryl methyl sites for hydroxylation is 1. The van der Waals surface area contributed by atoms with Crippen molar-refractivity contribution in [1.29, 1.82) is 0 Å². The predicted molar refractivity (Wildman–Crippen MR) is 98.3 cm³/mol. The first-order chi connectivity index (χ1) is 11.7. The van der Waals surface area contributed by atoms with Crippen LogP contribution in [0.1, 0.15) is 16.1 Å². The van der Waals surface area contributed by atoms with Gasteiger partial charge in [-0.2, -0.15) is 0 Å². The van der Waals surface area contributed by atoms with E-state index in [0.717, 1.165) is 22.2 Å². The molecule has 0 saturated heterocycles. The maximum Gasteiger partial charge on any atom is 0.262 e. The van der Waals surface area contributed by atoms with Crippen LogP contribution in [0.4, 0.5) is 0 Å². The molecule has 0 bridgehead atoms. The van der Waals surface area contributed by atoms with Gasteiger partial charge < -0.3 is 0 Å². The van der Waals surface area contributed by atoms with Crippen LogP contribution in [0.25, 0.3) is 22.0 Å². The summed E-state index contributed by atoms with van der Waals surface area (Å²) in [5, 5.41) is 1.08. The van der Waals surface area contributed by atoms with Crippen molar-refractivity contribution < 1.29 is 4.79 Å². The van der Waals surface area contributed by atoms with Crippen LogP contribution in [0.15, 0.2) is 84.9 Å². The van der Waals surface area contributed by atoms with Gasteiger partial charge in [-0.15, -0.1) is 0 Å². The van der Waals surface area contributed by atoms with E-state index in [0.29, 0.717) is 5.56 Å². The Morgan fingerprint density at radius 3 is 2.12 bits per heavy atom. The molecule has 2 heteroatoms. The molecule has 0 spiro atoms. The van der Waals surface area contributed by atoms with Gasteiger partial charge in [-0.25, -0.2) is 0 Å². The van der Waals surface area contributed by atoms with E-state index in [-0.39, 0.29) is 5.91 Å². The van der Waals surface area contributed by atoms with Crippen molar-refractivity contribution in [3.05, 3.63) is 96.2 Å². The van der Waals surface area contributed by atoms with Gasteiger partial charge in [0.2, 0.25) is 0 Å². The highest BCUT2D eigenvalue weighted by Crippen LogP contribution is 2.27. The first-order valence-electron chi connectivity index (χ1n) is 8.01. The van der Waals surface area contributed by atoms with Crippen LogP contribution < -0.4 is 0 Å². The van der Waals surface area contributed by atoms with Crippen molar-refractivity contribution in [2.45, 2.75) is 6.92 Å². The van der Waals surface area contributed by atoms with Crippen molar-refractivity contribution >= 4 is 16.8 Å². The number of hydrogen-bond donors (Lipinski definition) is 0. The summed E-state index contributed by atoms with van der Waals surface area (Å²) in [6.07, 6.45) is 0. The quantitative estimate of drug-likeness (QED) is 0.492. The summed E-state index contributed by atoms with van der Waals surface area (Å²) in [6.45, 7) is 1.98. The summed E-state index contributed by atoms with van der Waals surface area (Å²) in [6, 6.07) is 28.0. The van der Waals surface area contributed by atoms with Crippen LogP contribution in [-0.4, -0.2) is 10.5 Å². The summed E-state index contributed by atoms with van der Waals surface area (Å²) in [5.41, 5.74) is 4.93. The van der Waals surface area contributed by atoms with Gasteiger partial charge in [-0.1, -0.05) is 54.6 Å². The average molecular weight is 311 g/mol. The molecular formula is C22H17NO. The summed E-state index contributed by atoms with van der Waals surface area (Å²) >= 11 is 0. The minimum absolute atomic E-state index is 0.00978. The smallest absolute Gasteiger partial charge is 0.262 e. The molecule has 3 aromatic carbocycles. The molecule has 0 amide bonds. The van der Waals surface area contributed by atoms with Crippen LogP contribution in [0.3, 0.4) is 0 Å². The molecule has 0 atom stereocenters. The van der Waals surface area contributed by atoms with E-state index in [9.17, 15) is 4.79 Å². The lowest BCUT2D eigenvalue weighted by atomic mass is 10.0. The number of carbonyl (C=O) groups excluding carboxylic acids is 1. The second-order valence-electron chi connectivity index (χ2n) is 5.93. The first-order valence-corrected chi connectivity index (χ1v) is 8.01. The molecule has 0 aliphatic rings. The van der Waals surface area contributed by atoms with Crippen molar-refractivity contribution in [3.63, 3.8) is 0 Å². The van der Waals surface area contributed by atoms with Crippen molar-refractivity contribution in [2.24, 2.45) is 0 Å². The standard InChI is InChI=1S/C22H17NO/c1-16-14-20-15-19(17-8-4-2-5-9-17)12-13-21(20)23(16)22(24)18-10-6-3-7-11-18/h2-15H,1H3. The Kier molecular flexibility index (Phi) is 3.51. The fourth-order valence-corrected chi connectivity index (χ4v) is 3.14. The van der Waals surface area contributed by atoms with E-state index in [1.54, 1.807) is 4.57 Å². The molecular weight excluding hydrogens is 294 g/mol. The molecule has 116 valence electrons. The van der Waals surface area contributed by atoms with Crippen molar-refractivity contribution in [3.8, 4) is 11.1 Å². The maximum absolute atomic E-state index is 12.9. The summed E-state index contributed by atoms with van der Waals surface area (Å²) in [4.78, 5) is 12.9. The van der Waals surface area contributed by atoms with Crippen LogP contribution in [0, 0.1) is 6.92 Å². The molecule has 0 saturated carbocycles. The molecule has 0 aliphatic carbocycles. The van der Waals surface area contributed by atoms with Gasteiger partial charge in [-0.3, -0.25) is 9.36 Å². The van der Waals surface area contributed by atoms with Gasteiger partial charge in [0.1, 0.15) is 0 Å². The third-order valence-corrected chi connectivity index (χ3v) is 4.32. The van der Waals surface area contributed by atoms with Crippen molar-refractivity contribution in [1.82, 2.24) is 4.57 Å². The predicted octanol–water partition coefficient (Wildman–Crippen LogP) is 5.31. The van der Waals surface area contributed by atoms with Gasteiger partial charge in [0.25, 0.3) is 5.91 Å². The van der Waals surface area contributed by atoms with E-state index >= 15 is 0 Å². The lowest BCUT2D eigenvalue weighted by Crippen LogP contribution is -2.12. The lowest BCUT2D eigenvalue weighted by Gasteiger charge is -2.07. The summed E-state index contributed by atoms with van der Waals surface area (Å²) in [5.74, 6) is 0.00978. The number of hydrogen-bond acceptors (Lipinski definition) is 1. The number of nitrogens with zero attached hydrogens (tertiary/aromatic N) is 1. The normalized spacial score (nSPS) is 10.9. The molecule has 0 radical (unpaired) electrons. The molecule has 0 unspecified atom stereocenters. The number of benzene rings is 3. The number of carbonyl (C=O) groups is 1. The van der Waals surface area contributed by atoms with Crippen LogP contribution in [-0.2, 0) is 0 Å². The minimum atomic E-state index is 0.00978. The molecule has 0 fully saturated rings. The van der Waals surface area contributed by atoms with Crippen LogP contribution >= 0.6 is 0 Å². The van der Waals surface area contributed by atoms with E-state index < -0.39 is 0 Å². The van der Waals surface area contributed by atoms with E-state index in [1.165, 1.54) is 5.56 Å². The maximum atomic E-state index is 12.9. The second kappa shape index (κ2) is 5.82. The third kappa shape index (κ3) is 2.42. The zero-order valence-electron chi connectivity index (χ0n) is 13.4. The Labute approximate surface area is 141 Å². The lowest BCUT2D eigenvalue weighted by molar-refractivity contribution is 0.0963. The minimum Gasteiger partial charge on any atom is -0.280 e. The van der Waals surface area contributed by atoms with Crippen molar-refractivity contribution in [2.75, 3.05) is 0 Å². The molecule has 0 N–H and O–H groups in total. The highest BCUT2D eigenvalue weighted by Gasteiger charge is 2.14. The monoisotopic (exact) mass is 311 g/mol. The molecule has 4 rings (SSSR count). The second-order valence-corrected chi connectivity index (χ2v) is 5.93. The van der Waals surface area contributed by atoms with E-state index in [4.69, 9.17) is 0 Å². The molecule has 1 heterocycles. The van der Waals surface area contributed by atoms with E-state index in [1.807, 2.05) is 61.5 Å². The van der Waals surface area contributed by atoms with Gasteiger partial charge in [0.15, 0.2) is 0 Å². The Balaban J connectivity index is 1.84. The first kappa shape index (κ1) is 14.5. The number of aromatic nitrogens is 1. The molecule has 4 aromatic rings. The SMILES string of the molecule is Cc1cc2cc(-c3ccccc3)ccc2n1C(=O)c1ccccc1. The third-order valence-electron chi connectivity index (χ3n) is 4.32. The molecule has 1 aromatic heterocycles. The molecule has 24 heavy (non-hydrogen) atoms. The Hall–Kier alpha value is -3.13. The van der Waals surface area contributed by atoms with Gasteiger partial charge in [0.05, 0.1) is 5.52 Å². The average Bonchev–Trinajstić information content (AvgIpc) is 2.97. The number of fused-ring (bicyclic) bond motifs is 1. The highest BCUT2D eigenvalue weighted by atomic mass is 16.2. The van der Waals surface area contributed by atoms with Gasteiger partial charge >= 0.3 is 0 Å². The van der Waals surface area contributed by atoms with E-state index in [2.05, 4.69) is 30.3 Å². The number of rotatable bonds is 2. The fraction of sp³-hybridized carbons (Fsp3) is 0.0455. The van der Waals surface area contributed by atoms with Gasteiger partial charge in [-0.05, 0) is 48.4 Å². The fourth-order valence-electron chi connectivity index (χ4n) is 3.14. The summed E-state index contributed by atoms with van der Waals surface area (Å²) in [7, 11) is 0. The summed E-state index contributed by atoms with van der Waals surface area (Å²) < 4.78 is 1.79. The van der Waals surface area contributed by atoms with Crippen LogP contribution in [0.5, 0.6) is 0 Å². The zero-order chi connectivity index (χ0) is 16.5. The molecule has 2 nitrogen and oxygen atoms in total. The van der Waals surface area contributed by atoms with Gasteiger partial charge in [0, 0.05) is 16.6 Å². The highest BCUT2D eigenvalue weighted by molar-refractivity contribution is 6.03. The zero-order valence-corrected chi connectivity index (χ0v) is 13.4. The Bertz CT molecular complexity index is 1010.